The molecule has 1 saturated carbocycles. The molecule has 0 saturated heterocycles. The van der Waals surface area contributed by atoms with E-state index in [9.17, 15) is 14.0 Å². The van der Waals surface area contributed by atoms with Crippen LogP contribution in [0.4, 0.5) is 4.39 Å². The van der Waals surface area contributed by atoms with Gasteiger partial charge in [0.2, 0.25) is 0 Å². The highest BCUT2D eigenvalue weighted by Crippen LogP contribution is 2.26. The molecule has 1 fully saturated rings. The number of hydrogen-bond acceptors (Lipinski definition) is 4. The van der Waals surface area contributed by atoms with Gasteiger partial charge in [-0.3, -0.25) is 4.79 Å². The largest absolute Gasteiger partial charge is 0.449 e. The van der Waals surface area contributed by atoms with E-state index in [4.69, 9.17) is 16.3 Å². The third-order valence-corrected chi connectivity index (χ3v) is 5.72. The van der Waals surface area contributed by atoms with Crippen molar-refractivity contribution < 1.29 is 18.7 Å². The Morgan fingerprint density at radius 3 is 2.59 bits per heavy atom. The summed E-state index contributed by atoms with van der Waals surface area (Å²) < 4.78 is 19.8. The predicted octanol–water partition coefficient (Wildman–Crippen LogP) is 4.21. The Labute approximate surface area is 174 Å². The van der Waals surface area contributed by atoms with Crippen LogP contribution in [0, 0.1) is 18.7 Å². The Kier molecular flexibility index (Phi) is 6.57. The first-order valence-corrected chi connectivity index (χ1v) is 10.2. The molecule has 29 heavy (non-hydrogen) atoms. The smallest absolute Gasteiger partial charge is 0.344 e. The van der Waals surface area contributed by atoms with Crippen molar-refractivity contribution in [1.82, 2.24) is 15.1 Å². The lowest BCUT2D eigenvalue weighted by atomic mass is 9.86. The molecule has 0 spiro atoms. The van der Waals surface area contributed by atoms with E-state index in [1.165, 1.54) is 42.3 Å². The number of halogens is 2. The van der Waals surface area contributed by atoms with Crippen molar-refractivity contribution >= 4 is 23.5 Å². The normalized spacial score (nSPS) is 20.2. The minimum Gasteiger partial charge on any atom is -0.449 e. The van der Waals surface area contributed by atoms with Gasteiger partial charge in [-0.1, -0.05) is 31.4 Å². The maximum Gasteiger partial charge on any atom is 0.344 e. The zero-order chi connectivity index (χ0) is 21.1. The number of benzene rings is 1. The van der Waals surface area contributed by atoms with Crippen molar-refractivity contribution in [2.24, 2.45) is 5.92 Å². The third kappa shape index (κ3) is 4.78. The summed E-state index contributed by atoms with van der Waals surface area (Å²) in [5, 5.41) is 7.28. The van der Waals surface area contributed by atoms with Gasteiger partial charge in [-0.2, -0.15) is 5.10 Å². The summed E-state index contributed by atoms with van der Waals surface area (Å²) in [4.78, 5) is 25.1. The molecule has 156 valence electrons. The Morgan fingerprint density at radius 2 is 1.93 bits per heavy atom. The van der Waals surface area contributed by atoms with Crippen LogP contribution in [0.2, 0.25) is 5.15 Å². The molecule has 1 aromatic carbocycles. The van der Waals surface area contributed by atoms with Crippen LogP contribution < -0.4 is 5.32 Å². The molecule has 0 aliphatic heterocycles. The Balaban J connectivity index is 1.70. The fraction of sp³-hybridized carbons (Fsp3) is 0.476. The molecule has 2 aromatic rings. The Bertz CT molecular complexity index is 897. The van der Waals surface area contributed by atoms with Crippen LogP contribution in [0.5, 0.6) is 0 Å². The molecular formula is C21H25ClFN3O3. The van der Waals surface area contributed by atoms with Crippen molar-refractivity contribution in [2.45, 2.75) is 58.6 Å². The molecule has 3 unspecified atom stereocenters. The summed E-state index contributed by atoms with van der Waals surface area (Å²) in [5.74, 6) is -1.03. The van der Waals surface area contributed by atoms with Gasteiger partial charge in [0.25, 0.3) is 5.91 Å². The fourth-order valence-electron chi connectivity index (χ4n) is 3.59. The van der Waals surface area contributed by atoms with Crippen LogP contribution in [0.3, 0.4) is 0 Å². The first-order chi connectivity index (χ1) is 13.8. The van der Waals surface area contributed by atoms with Crippen LogP contribution in [-0.2, 0) is 9.53 Å². The van der Waals surface area contributed by atoms with Gasteiger partial charge in [-0.25, -0.2) is 13.9 Å². The first-order valence-electron chi connectivity index (χ1n) is 9.80. The van der Waals surface area contributed by atoms with Crippen LogP contribution in [-0.4, -0.2) is 33.8 Å². The molecule has 1 aliphatic rings. The number of esters is 1. The topological polar surface area (TPSA) is 73.2 Å². The van der Waals surface area contributed by atoms with Crippen LogP contribution in [0.1, 0.15) is 55.6 Å². The number of carbonyl (C=O) groups excluding carboxylic acids is 2. The second-order valence-corrected chi connectivity index (χ2v) is 7.92. The zero-order valence-electron chi connectivity index (χ0n) is 16.7. The number of rotatable bonds is 5. The minimum atomic E-state index is -0.957. The highest BCUT2D eigenvalue weighted by Gasteiger charge is 2.29. The quantitative estimate of drug-likeness (QED) is 0.734. The molecular weight excluding hydrogens is 397 g/mol. The van der Waals surface area contributed by atoms with Gasteiger partial charge in [0.15, 0.2) is 6.10 Å². The third-order valence-electron chi connectivity index (χ3n) is 5.37. The predicted molar refractivity (Wildman–Crippen MR) is 108 cm³/mol. The highest BCUT2D eigenvalue weighted by molar-refractivity contribution is 6.33. The highest BCUT2D eigenvalue weighted by atomic mass is 35.5. The van der Waals surface area contributed by atoms with E-state index in [0.29, 0.717) is 17.3 Å². The maximum absolute atomic E-state index is 13.2. The van der Waals surface area contributed by atoms with Gasteiger partial charge in [-0.15, -0.1) is 0 Å². The van der Waals surface area contributed by atoms with Crippen molar-refractivity contribution in [3.05, 3.63) is 46.5 Å². The average molecular weight is 422 g/mol. The summed E-state index contributed by atoms with van der Waals surface area (Å²) in [6, 6.07) is 5.66. The van der Waals surface area contributed by atoms with E-state index >= 15 is 0 Å². The van der Waals surface area contributed by atoms with Crippen molar-refractivity contribution in [3.8, 4) is 5.69 Å². The molecule has 0 bridgehead atoms. The molecule has 1 amide bonds. The van der Waals surface area contributed by atoms with Gasteiger partial charge in [0, 0.05) is 6.04 Å². The second kappa shape index (κ2) is 8.95. The van der Waals surface area contributed by atoms with E-state index in [2.05, 4.69) is 17.3 Å². The molecule has 0 radical (unpaired) electrons. The van der Waals surface area contributed by atoms with E-state index in [-0.39, 0.29) is 28.5 Å². The molecule has 1 aliphatic carbocycles. The lowest BCUT2D eigenvalue weighted by Crippen LogP contribution is -2.46. The van der Waals surface area contributed by atoms with Gasteiger partial charge < -0.3 is 10.1 Å². The lowest BCUT2D eigenvalue weighted by Gasteiger charge is -2.30. The van der Waals surface area contributed by atoms with Crippen molar-refractivity contribution in [2.75, 3.05) is 0 Å². The summed E-state index contributed by atoms with van der Waals surface area (Å²) >= 11 is 6.34. The number of aromatic nitrogens is 2. The van der Waals surface area contributed by atoms with Crippen LogP contribution in [0.15, 0.2) is 24.3 Å². The molecule has 1 N–H and O–H groups in total. The number of amides is 1. The van der Waals surface area contributed by atoms with E-state index in [1.54, 1.807) is 6.92 Å². The summed E-state index contributed by atoms with van der Waals surface area (Å²) in [5.41, 5.74) is 0.954. The Hall–Kier alpha value is -2.41. The number of nitrogens with one attached hydrogen (secondary N) is 1. The van der Waals surface area contributed by atoms with Gasteiger partial charge in [-0.05, 0) is 56.9 Å². The molecule has 8 heteroatoms. The minimum absolute atomic E-state index is 0.0487. The monoisotopic (exact) mass is 421 g/mol. The first kappa shape index (κ1) is 21.3. The number of ether oxygens (including phenoxy) is 1. The van der Waals surface area contributed by atoms with Crippen LogP contribution >= 0.6 is 11.6 Å². The number of aryl methyl sites for hydroxylation is 1. The van der Waals surface area contributed by atoms with E-state index < -0.39 is 12.1 Å². The fourth-order valence-corrected chi connectivity index (χ4v) is 3.94. The van der Waals surface area contributed by atoms with Gasteiger partial charge in [0.1, 0.15) is 16.5 Å². The van der Waals surface area contributed by atoms with Gasteiger partial charge >= 0.3 is 5.97 Å². The van der Waals surface area contributed by atoms with Crippen molar-refractivity contribution in [1.29, 1.82) is 0 Å². The van der Waals surface area contributed by atoms with E-state index in [0.717, 1.165) is 19.3 Å². The standard InChI is InChI=1S/C21H25ClFN3O3/c1-12-6-4-5-7-17(12)24-20(27)14(3)29-21(28)18-13(2)25-26(19(18)22)16-10-8-15(23)9-11-16/h8-12,14,17H,4-7H2,1-3H3,(H,24,27). The maximum atomic E-state index is 13.2. The number of nitrogens with zero attached hydrogens (tertiary/aromatic N) is 2. The Morgan fingerprint density at radius 1 is 1.28 bits per heavy atom. The molecule has 1 aromatic heterocycles. The molecule has 6 nitrogen and oxygen atoms in total. The zero-order valence-corrected chi connectivity index (χ0v) is 17.5. The number of carbonyl (C=O) groups is 2. The summed E-state index contributed by atoms with van der Waals surface area (Å²) in [6.45, 7) is 5.28. The average Bonchev–Trinajstić information content (AvgIpc) is 2.98. The lowest BCUT2D eigenvalue weighted by molar-refractivity contribution is -0.130. The van der Waals surface area contributed by atoms with Gasteiger partial charge in [0.05, 0.1) is 11.4 Å². The van der Waals surface area contributed by atoms with Crippen LogP contribution in [0.25, 0.3) is 5.69 Å². The molecule has 3 rings (SSSR count). The van der Waals surface area contributed by atoms with E-state index in [1.807, 2.05) is 0 Å². The summed E-state index contributed by atoms with van der Waals surface area (Å²) in [6.07, 6.45) is 3.31. The number of hydrogen-bond donors (Lipinski definition) is 1. The SMILES string of the molecule is Cc1nn(-c2ccc(F)cc2)c(Cl)c1C(=O)OC(C)C(=O)NC1CCCCC1C. The second-order valence-electron chi connectivity index (χ2n) is 7.56. The molecule has 1 heterocycles. The summed E-state index contributed by atoms with van der Waals surface area (Å²) in [7, 11) is 0. The molecule has 3 atom stereocenters. The van der Waals surface area contributed by atoms with Crippen molar-refractivity contribution in [3.63, 3.8) is 0 Å².